The molecule has 2 aromatic heterocycles. The highest BCUT2D eigenvalue weighted by molar-refractivity contribution is 5.78. The van der Waals surface area contributed by atoms with Crippen molar-refractivity contribution in [2.75, 3.05) is 0 Å². The fourth-order valence-corrected chi connectivity index (χ4v) is 3.80. The van der Waals surface area contributed by atoms with Crippen LogP contribution in [-0.4, -0.2) is 20.4 Å². The fourth-order valence-electron chi connectivity index (χ4n) is 3.80. The molecule has 0 saturated carbocycles. The number of amides is 1. The molecule has 3 aromatic rings. The summed E-state index contributed by atoms with van der Waals surface area (Å²) in [7, 11) is 0. The number of nitrogens with one attached hydrogen (secondary N) is 1. The largest absolute Gasteiger partial charge is 0.348 e. The van der Waals surface area contributed by atoms with Gasteiger partial charge in [0.1, 0.15) is 12.9 Å². The van der Waals surface area contributed by atoms with Crippen molar-refractivity contribution >= 4 is 16.9 Å². The topological polar surface area (TPSA) is 76.9 Å². The number of carbonyl (C=O) groups excluding carboxylic acids is 1. The summed E-state index contributed by atoms with van der Waals surface area (Å²) in [6.45, 7) is 4.07. The molecule has 2 heterocycles. The Morgan fingerprint density at radius 1 is 1.32 bits per heavy atom. The van der Waals surface area contributed by atoms with Crippen molar-refractivity contribution in [1.82, 2.24) is 19.9 Å². The van der Waals surface area contributed by atoms with Crippen molar-refractivity contribution in [3.8, 4) is 0 Å². The van der Waals surface area contributed by atoms with E-state index in [1.807, 2.05) is 43.3 Å². The zero-order valence-electron chi connectivity index (χ0n) is 16.2. The van der Waals surface area contributed by atoms with Crippen LogP contribution >= 0.6 is 0 Å². The van der Waals surface area contributed by atoms with Crippen LogP contribution in [-0.2, 0) is 24.2 Å². The van der Waals surface area contributed by atoms with Gasteiger partial charge in [-0.05, 0) is 49.3 Å². The third-order valence-corrected chi connectivity index (χ3v) is 5.42. The lowest BCUT2D eigenvalue weighted by molar-refractivity contribution is -0.122. The van der Waals surface area contributed by atoms with Gasteiger partial charge in [-0.25, -0.2) is 9.97 Å². The smallest absolute Gasteiger partial charge is 0.263 e. The van der Waals surface area contributed by atoms with Crippen LogP contribution in [0.15, 0.2) is 47.5 Å². The molecule has 144 valence electrons. The molecule has 1 aromatic carbocycles. The van der Waals surface area contributed by atoms with Crippen molar-refractivity contribution in [2.45, 2.75) is 45.7 Å². The molecule has 4 rings (SSSR count). The molecule has 0 aliphatic heterocycles. The molecular weight excluding hydrogens is 352 g/mol. The van der Waals surface area contributed by atoms with Crippen LogP contribution in [0.3, 0.4) is 0 Å². The van der Waals surface area contributed by atoms with E-state index in [0.29, 0.717) is 17.0 Å². The van der Waals surface area contributed by atoms with Crippen LogP contribution < -0.4 is 10.9 Å². The number of hydrogen-bond donors (Lipinski definition) is 1. The van der Waals surface area contributed by atoms with Crippen LogP contribution in [0.2, 0.25) is 0 Å². The minimum Gasteiger partial charge on any atom is -0.348 e. The molecule has 2 atom stereocenters. The van der Waals surface area contributed by atoms with Gasteiger partial charge in [0.15, 0.2) is 5.65 Å². The summed E-state index contributed by atoms with van der Waals surface area (Å²) in [6.07, 6.45) is 4.39. The lowest BCUT2D eigenvalue weighted by Gasteiger charge is -2.20. The summed E-state index contributed by atoms with van der Waals surface area (Å²) in [6, 6.07) is 11.5. The standard InChI is InChI=1S/C22H24N4O2/c1-14-8-9-19-17(10-14)11-18-21(25-19)23-13-26(22(18)28)12-20(27)24-15(2)16-6-4-3-5-7-16/h3-7,11,13-15H,8-10,12H2,1-2H3,(H,24,27)/t14-,15+/m1/s1. The maximum atomic E-state index is 12.9. The summed E-state index contributed by atoms with van der Waals surface area (Å²) in [5, 5.41) is 3.42. The molecular formula is C22H24N4O2. The first-order valence-corrected chi connectivity index (χ1v) is 9.73. The minimum atomic E-state index is -0.223. The van der Waals surface area contributed by atoms with Crippen LogP contribution in [0.4, 0.5) is 0 Å². The van der Waals surface area contributed by atoms with Gasteiger partial charge in [-0.1, -0.05) is 37.3 Å². The predicted octanol–water partition coefficient (Wildman–Crippen LogP) is 2.79. The normalized spacial score (nSPS) is 17.1. The number of hydrogen-bond acceptors (Lipinski definition) is 4. The van der Waals surface area contributed by atoms with Gasteiger partial charge in [0, 0.05) is 5.69 Å². The Bertz CT molecular complexity index is 1080. The Morgan fingerprint density at radius 2 is 2.11 bits per heavy atom. The lowest BCUT2D eigenvalue weighted by atomic mass is 9.87. The number of aryl methyl sites for hydroxylation is 1. The first kappa shape index (κ1) is 18.3. The second-order valence-electron chi connectivity index (χ2n) is 7.69. The fraction of sp³-hybridized carbons (Fsp3) is 0.364. The minimum absolute atomic E-state index is 0.0631. The third-order valence-electron chi connectivity index (χ3n) is 5.42. The first-order chi connectivity index (χ1) is 13.5. The molecule has 0 saturated heterocycles. The van der Waals surface area contributed by atoms with E-state index in [-0.39, 0.29) is 24.1 Å². The quantitative estimate of drug-likeness (QED) is 0.760. The molecule has 0 fully saturated rings. The molecule has 6 nitrogen and oxygen atoms in total. The summed E-state index contributed by atoms with van der Waals surface area (Å²) in [5.74, 6) is 0.370. The summed E-state index contributed by atoms with van der Waals surface area (Å²) in [5.41, 5.74) is 3.44. The van der Waals surface area contributed by atoms with Gasteiger partial charge in [-0.2, -0.15) is 0 Å². The van der Waals surface area contributed by atoms with Crippen LogP contribution in [0.25, 0.3) is 11.0 Å². The van der Waals surface area contributed by atoms with Crippen LogP contribution in [0.1, 0.15) is 43.1 Å². The van der Waals surface area contributed by atoms with E-state index < -0.39 is 0 Å². The van der Waals surface area contributed by atoms with Crippen molar-refractivity contribution in [3.05, 3.63) is 69.9 Å². The molecule has 0 radical (unpaired) electrons. The number of rotatable bonds is 4. The molecule has 1 aliphatic rings. The summed E-state index contributed by atoms with van der Waals surface area (Å²) < 4.78 is 1.36. The van der Waals surface area contributed by atoms with E-state index in [2.05, 4.69) is 22.2 Å². The molecule has 28 heavy (non-hydrogen) atoms. The van der Waals surface area contributed by atoms with Gasteiger partial charge in [0.2, 0.25) is 5.91 Å². The van der Waals surface area contributed by atoms with Gasteiger partial charge in [0.05, 0.1) is 11.4 Å². The zero-order chi connectivity index (χ0) is 19.7. The second kappa shape index (κ2) is 7.54. The number of benzene rings is 1. The Hall–Kier alpha value is -3.02. The maximum absolute atomic E-state index is 12.9. The number of pyridine rings is 1. The molecule has 0 bridgehead atoms. The Labute approximate surface area is 163 Å². The zero-order valence-corrected chi connectivity index (χ0v) is 16.2. The van der Waals surface area contributed by atoms with Gasteiger partial charge in [-0.15, -0.1) is 0 Å². The van der Waals surface area contributed by atoms with Crippen molar-refractivity contribution in [3.63, 3.8) is 0 Å². The van der Waals surface area contributed by atoms with E-state index in [4.69, 9.17) is 0 Å². The van der Waals surface area contributed by atoms with Crippen molar-refractivity contribution < 1.29 is 4.79 Å². The highest BCUT2D eigenvalue weighted by atomic mass is 16.2. The van der Waals surface area contributed by atoms with Gasteiger partial charge in [-0.3, -0.25) is 14.2 Å². The SMILES string of the molecule is C[C@@H]1CCc2nc3ncn(CC(=O)N[C@@H](C)c4ccccc4)c(=O)c3cc2C1. The average Bonchev–Trinajstić information content (AvgIpc) is 2.70. The molecule has 0 spiro atoms. The van der Waals surface area contributed by atoms with E-state index in [9.17, 15) is 9.59 Å². The highest BCUT2D eigenvalue weighted by Crippen LogP contribution is 2.25. The highest BCUT2D eigenvalue weighted by Gasteiger charge is 2.19. The van der Waals surface area contributed by atoms with Crippen molar-refractivity contribution in [2.24, 2.45) is 5.92 Å². The summed E-state index contributed by atoms with van der Waals surface area (Å²) >= 11 is 0. The number of nitrogens with zero attached hydrogens (tertiary/aromatic N) is 3. The van der Waals surface area contributed by atoms with Gasteiger partial charge >= 0.3 is 0 Å². The van der Waals surface area contributed by atoms with Gasteiger partial charge < -0.3 is 5.32 Å². The number of fused-ring (bicyclic) bond motifs is 2. The Kier molecular flexibility index (Phi) is 4.94. The average molecular weight is 376 g/mol. The Morgan fingerprint density at radius 3 is 2.89 bits per heavy atom. The van der Waals surface area contributed by atoms with Crippen LogP contribution in [0.5, 0.6) is 0 Å². The third kappa shape index (κ3) is 3.67. The lowest BCUT2D eigenvalue weighted by Crippen LogP contribution is -2.34. The monoisotopic (exact) mass is 376 g/mol. The molecule has 0 unspecified atom stereocenters. The van der Waals surface area contributed by atoms with E-state index in [1.165, 1.54) is 10.9 Å². The Balaban J connectivity index is 1.56. The predicted molar refractivity (Wildman–Crippen MR) is 108 cm³/mol. The van der Waals surface area contributed by atoms with Gasteiger partial charge in [0.25, 0.3) is 5.56 Å². The first-order valence-electron chi connectivity index (χ1n) is 9.73. The van der Waals surface area contributed by atoms with E-state index >= 15 is 0 Å². The maximum Gasteiger partial charge on any atom is 0.263 e. The molecule has 1 aliphatic carbocycles. The van der Waals surface area contributed by atoms with E-state index in [0.717, 1.165) is 36.1 Å². The van der Waals surface area contributed by atoms with Crippen LogP contribution in [0, 0.1) is 5.92 Å². The second-order valence-corrected chi connectivity index (χ2v) is 7.69. The number of carbonyl (C=O) groups is 1. The summed E-state index contributed by atoms with van der Waals surface area (Å²) in [4.78, 5) is 34.3. The van der Waals surface area contributed by atoms with Crippen molar-refractivity contribution in [1.29, 1.82) is 0 Å². The molecule has 1 amide bonds. The molecule has 6 heteroatoms. The van der Waals surface area contributed by atoms with E-state index in [1.54, 1.807) is 0 Å². The number of aromatic nitrogens is 3. The molecule has 1 N–H and O–H groups in total.